The molecular weight excluding hydrogens is 467 g/mol. The molecule has 1 aliphatic heterocycles. The van der Waals surface area contributed by atoms with E-state index in [0.29, 0.717) is 17.7 Å². The van der Waals surface area contributed by atoms with Crippen molar-refractivity contribution < 1.29 is 40.3 Å². The van der Waals surface area contributed by atoms with Crippen LogP contribution in [0.4, 0.5) is 30.7 Å². The van der Waals surface area contributed by atoms with Crippen LogP contribution in [0.25, 0.3) is 0 Å². The van der Waals surface area contributed by atoms with E-state index in [2.05, 4.69) is 0 Å². The van der Waals surface area contributed by atoms with Crippen molar-refractivity contribution in [2.24, 2.45) is 5.92 Å². The van der Waals surface area contributed by atoms with Crippen molar-refractivity contribution in [1.82, 2.24) is 4.90 Å². The van der Waals surface area contributed by atoms with Gasteiger partial charge in [-0.15, -0.1) is 0 Å². The molecule has 10 heteroatoms. The molecule has 186 valence electrons. The van der Waals surface area contributed by atoms with E-state index >= 15 is 0 Å². The highest BCUT2D eigenvalue weighted by Crippen LogP contribution is 2.39. The molecule has 0 radical (unpaired) electrons. The Balaban J connectivity index is 1.93. The summed E-state index contributed by atoms with van der Waals surface area (Å²) >= 11 is 0. The minimum atomic E-state index is -4.97. The van der Waals surface area contributed by atoms with Crippen molar-refractivity contribution in [3.63, 3.8) is 0 Å². The van der Waals surface area contributed by atoms with Gasteiger partial charge in [0.2, 0.25) is 5.91 Å². The number of amides is 1. The maximum Gasteiger partial charge on any atom is 0.416 e. The highest BCUT2D eigenvalue weighted by molar-refractivity contribution is 5.78. The molecule has 0 aromatic heterocycles. The van der Waals surface area contributed by atoms with Crippen LogP contribution in [0.15, 0.2) is 42.5 Å². The molecule has 3 rings (SSSR count). The Bertz CT molecular complexity index is 983. The van der Waals surface area contributed by atoms with Gasteiger partial charge < -0.3 is 9.64 Å². The summed E-state index contributed by atoms with van der Waals surface area (Å²) in [6, 6.07) is 6.87. The second kappa shape index (κ2) is 9.56. The van der Waals surface area contributed by atoms with E-state index in [-0.39, 0.29) is 36.5 Å². The molecular formula is C24H24F7NO2. The predicted octanol–water partition coefficient (Wildman–Crippen LogP) is 6.59. The highest BCUT2D eigenvalue weighted by Gasteiger charge is 2.40. The lowest BCUT2D eigenvalue weighted by Gasteiger charge is -2.25. The van der Waals surface area contributed by atoms with Crippen LogP contribution < -0.4 is 0 Å². The number of hydrogen-bond acceptors (Lipinski definition) is 2. The van der Waals surface area contributed by atoms with Crippen molar-refractivity contribution in [2.45, 2.75) is 51.2 Å². The van der Waals surface area contributed by atoms with Crippen LogP contribution in [0.1, 0.15) is 55.0 Å². The number of ether oxygens (including phenoxy) is 1. The van der Waals surface area contributed by atoms with Crippen LogP contribution in [-0.4, -0.2) is 30.0 Å². The zero-order chi connectivity index (χ0) is 25.4. The molecule has 1 amide bonds. The van der Waals surface area contributed by atoms with Crippen LogP contribution in [0.3, 0.4) is 0 Å². The van der Waals surface area contributed by atoms with Gasteiger partial charge in [-0.25, -0.2) is 4.39 Å². The van der Waals surface area contributed by atoms with Crippen LogP contribution in [0.5, 0.6) is 0 Å². The van der Waals surface area contributed by atoms with Gasteiger partial charge in [-0.3, -0.25) is 4.79 Å². The van der Waals surface area contributed by atoms with Gasteiger partial charge in [0.1, 0.15) is 5.82 Å². The summed E-state index contributed by atoms with van der Waals surface area (Å²) in [4.78, 5) is 14.1. The number of likely N-dealkylation sites (tertiary alicyclic amines) is 1. The molecule has 2 aromatic rings. The molecule has 0 unspecified atom stereocenters. The van der Waals surface area contributed by atoms with Crippen LogP contribution in [0.2, 0.25) is 0 Å². The molecule has 0 bridgehead atoms. The minimum absolute atomic E-state index is 0.0656. The first-order valence-corrected chi connectivity index (χ1v) is 10.7. The number of benzene rings is 2. The summed E-state index contributed by atoms with van der Waals surface area (Å²) in [5.41, 5.74) is -2.48. The maximum absolute atomic E-state index is 13.4. The zero-order valence-electron chi connectivity index (χ0n) is 18.7. The maximum atomic E-state index is 13.4. The van der Waals surface area contributed by atoms with Crippen LogP contribution in [0, 0.1) is 11.7 Å². The lowest BCUT2D eigenvalue weighted by atomic mass is 9.95. The van der Waals surface area contributed by atoms with Gasteiger partial charge in [0.15, 0.2) is 0 Å². The number of carbonyl (C=O) groups excluding carboxylic acids is 1. The van der Waals surface area contributed by atoms with Gasteiger partial charge >= 0.3 is 12.4 Å². The summed E-state index contributed by atoms with van der Waals surface area (Å²) < 4.78 is 98.9. The summed E-state index contributed by atoms with van der Waals surface area (Å²) in [5, 5.41) is 0. The number of carbonyl (C=O) groups is 1. The second-order valence-electron chi connectivity index (χ2n) is 8.71. The summed E-state index contributed by atoms with van der Waals surface area (Å²) in [6.07, 6.45) is -11.8. The van der Waals surface area contributed by atoms with E-state index < -0.39 is 47.4 Å². The fraction of sp³-hybridized carbons (Fsp3) is 0.458. The molecule has 1 heterocycles. The average molecular weight is 491 g/mol. The van der Waals surface area contributed by atoms with Gasteiger partial charge in [-0.1, -0.05) is 26.0 Å². The summed E-state index contributed by atoms with van der Waals surface area (Å²) in [7, 11) is 0. The number of hydrogen-bond donors (Lipinski definition) is 0. The van der Waals surface area contributed by atoms with E-state index in [1.54, 1.807) is 18.7 Å². The zero-order valence-corrected chi connectivity index (χ0v) is 18.7. The average Bonchev–Trinajstić information content (AvgIpc) is 3.15. The molecule has 0 N–H and O–H groups in total. The lowest BCUT2D eigenvalue weighted by molar-refractivity contribution is -0.143. The molecule has 1 fully saturated rings. The Morgan fingerprint density at radius 3 is 1.91 bits per heavy atom. The first-order valence-electron chi connectivity index (χ1n) is 10.7. The summed E-state index contributed by atoms with van der Waals surface area (Å²) in [5.74, 6) is -1.38. The van der Waals surface area contributed by atoms with Crippen LogP contribution in [-0.2, 0) is 21.9 Å². The largest absolute Gasteiger partial charge is 0.416 e. The third kappa shape index (κ3) is 5.89. The Hall–Kier alpha value is -2.62. The van der Waals surface area contributed by atoms with Crippen molar-refractivity contribution >= 4 is 5.91 Å². The second-order valence-corrected chi connectivity index (χ2v) is 8.71. The molecule has 3 atom stereocenters. The topological polar surface area (TPSA) is 29.5 Å². The Morgan fingerprint density at radius 2 is 1.44 bits per heavy atom. The van der Waals surface area contributed by atoms with E-state index in [0.717, 1.165) is 0 Å². The minimum Gasteiger partial charge on any atom is -0.368 e. The monoisotopic (exact) mass is 491 g/mol. The fourth-order valence-corrected chi connectivity index (χ4v) is 4.04. The van der Waals surface area contributed by atoms with Crippen molar-refractivity contribution in [2.75, 3.05) is 13.1 Å². The standard InChI is InChI=1S/C24H24F7NO2/c1-13(2)22(33)32-11-20(15-4-6-19(25)7-5-15)21(12-32)34-14(3)16-8-17(23(26,27)28)10-18(9-16)24(29,30)31/h4-10,13-14,20-21H,11-12H2,1-3H3/t14-,20+,21-/m1/s1. The predicted molar refractivity (Wildman–Crippen MR) is 110 cm³/mol. The Labute approximate surface area is 192 Å². The number of halogens is 7. The number of nitrogens with zero attached hydrogens (tertiary/aromatic N) is 1. The first kappa shape index (κ1) is 26.0. The lowest BCUT2D eigenvalue weighted by Crippen LogP contribution is -2.33. The normalized spacial score (nSPS) is 20.1. The van der Waals surface area contributed by atoms with E-state index in [1.165, 1.54) is 31.2 Å². The molecule has 0 saturated carbocycles. The molecule has 1 aliphatic rings. The number of rotatable bonds is 5. The van der Waals surface area contributed by atoms with Crippen LogP contribution >= 0.6 is 0 Å². The van der Waals surface area contributed by atoms with E-state index in [4.69, 9.17) is 4.74 Å². The van der Waals surface area contributed by atoms with Crippen molar-refractivity contribution in [1.29, 1.82) is 0 Å². The van der Waals surface area contributed by atoms with E-state index in [1.807, 2.05) is 0 Å². The van der Waals surface area contributed by atoms with E-state index in [9.17, 15) is 35.5 Å². The smallest absolute Gasteiger partial charge is 0.368 e. The quantitative estimate of drug-likeness (QED) is 0.442. The molecule has 0 spiro atoms. The van der Waals surface area contributed by atoms with Crippen molar-refractivity contribution in [3.05, 3.63) is 70.5 Å². The molecule has 0 aliphatic carbocycles. The Morgan fingerprint density at radius 1 is 0.912 bits per heavy atom. The van der Waals surface area contributed by atoms with Crippen molar-refractivity contribution in [3.8, 4) is 0 Å². The number of alkyl halides is 6. The molecule has 34 heavy (non-hydrogen) atoms. The van der Waals surface area contributed by atoms with Gasteiger partial charge in [0.05, 0.1) is 23.3 Å². The van der Waals surface area contributed by atoms with Gasteiger partial charge in [0.25, 0.3) is 0 Å². The molecule has 2 aromatic carbocycles. The third-order valence-electron chi connectivity index (χ3n) is 5.83. The summed E-state index contributed by atoms with van der Waals surface area (Å²) in [6.45, 7) is 5.13. The fourth-order valence-electron chi connectivity index (χ4n) is 4.04. The third-order valence-corrected chi connectivity index (χ3v) is 5.83. The molecule has 3 nitrogen and oxygen atoms in total. The first-order chi connectivity index (χ1) is 15.7. The van der Waals surface area contributed by atoms with Gasteiger partial charge in [-0.05, 0) is 48.4 Å². The Kier molecular flexibility index (Phi) is 7.31. The van der Waals surface area contributed by atoms with Gasteiger partial charge in [0, 0.05) is 24.9 Å². The van der Waals surface area contributed by atoms with Gasteiger partial charge in [-0.2, -0.15) is 26.3 Å². The highest BCUT2D eigenvalue weighted by atomic mass is 19.4. The molecule has 1 saturated heterocycles. The SMILES string of the molecule is CC(C)C(=O)N1C[C@@H](O[C@H](C)c2cc(C(F)(F)F)cc(C(F)(F)F)c2)[C@H](c2ccc(F)cc2)C1.